The van der Waals surface area contributed by atoms with Gasteiger partial charge in [-0.25, -0.2) is 4.39 Å². The van der Waals surface area contributed by atoms with Crippen molar-refractivity contribution < 1.29 is 13.9 Å². The molecule has 0 aromatic heterocycles. The molecule has 0 spiro atoms. The van der Waals surface area contributed by atoms with Crippen LogP contribution in [0.15, 0.2) is 24.3 Å². The number of halogens is 2. The molecule has 112 valence electrons. The Kier molecular flexibility index (Phi) is 4.24. The zero-order valence-electron chi connectivity index (χ0n) is 12.6. The molecule has 0 N–H and O–H groups in total. The fourth-order valence-corrected chi connectivity index (χ4v) is 2.34. The number of esters is 1. The predicted octanol–water partition coefficient (Wildman–Crippen LogP) is 5.15. The summed E-state index contributed by atoms with van der Waals surface area (Å²) in [7, 11) is 0. The van der Waals surface area contributed by atoms with Crippen LogP contribution in [0, 0.1) is 11.2 Å². The van der Waals surface area contributed by atoms with Crippen LogP contribution in [0.5, 0.6) is 5.75 Å². The molecule has 0 atom stereocenters. The van der Waals surface area contributed by atoms with Gasteiger partial charge in [-0.05, 0) is 50.3 Å². The number of hydrogen-bond acceptors (Lipinski definition) is 2. The van der Waals surface area contributed by atoms with Crippen LogP contribution in [-0.4, -0.2) is 5.97 Å². The first kappa shape index (κ1) is 15.8. The predicted molar refractivity (Wildman–Crippen MR) is 83.4 cm³/mol. The van der Waals surface area contributed by atoms with E-state index < -0.39 is 5.41 Å². The van der Waals surface area contributed by atoms with E-state index in [9.17, 15) is 9.18 Å². The van der Waals surface area contributed by atoms with Crippen molar-refractivity contribution in [3.05, 3.63) is 40.7 Å². The van der Waals surface area contributed by atoms with E-state index in [1.54, 1.807) is 39.0 Å². The van der Waals surface area contributed by atoms with Crippen LogP contribution in [0.4, 0.5) is 4.39 Å². The van der Waals surface area contributed by atoms with Crippen molar-refractivity contribution in [1.29, 1.82) is 0 Å². The summed E-state index contributed by atoms with van der Waals surface area (Å²) in [5.74, 6) is -0.369. The molecule has 21 heavy (non-hydrogen) atoms. The molecular weight excluding hydrogens is 291 g/mol. The third-order valence-electron chi connectivity index (χ3n) is 3.27. The lowest BCUT2D eigenvalue weighted by molar-refractivity contribution is -0.142. The van der Waals surface area contributed by atoms with Gasteiger partial charge in [0.2, 0.25) is 0 Å². The van der Waals surface area contributed by atoms with Gasteiger partial charge in [0, 0.05) is 16.5 Å². The van der Waals surface area contributed by atoms with E-state index in [4.69, 9.17) is 16.3 Å². The summed E-state index contributed by atoms with van der Waals surface area (Å²) in [6, 6.07) is 6.35. The van der Waals surface area contributed by atoms with Crippen molar-refractivity contribution in [3.8, 4) is 5.75 Å². The van der Waals surface area contributed by atoms with Gasteiger partial charge in [-0.2, -0.15) is 0 Å². The fraction of sp³-hybridized carbons (Fsp3) is 0.353. The number of rotatable bonds is 2. The minimum Gasteiger partial charge on any atom is -0.425 e. The van der Waals surface area contributed by atoms with Gasteiger partial charge in [0.05, 0.1) is 5.41 Å². The molecular formula is C17H18ClFO2. The van der Waals surface area contributed by atoms with Crippen LogP contribution in [0.25, 0.3) is 10.8 Å². The van der Waals surface area contributed by atoms with Crippen LogP contribution in [0.1, 0.15) is 33.3 Å². The standard InChI is InChI=1S/C17H18ClFO2/c1-5-12-13(19)7-6-10-8-11(18)9-14(15(10)12)21-16(20)17(2,3)4/h6-9H,5H2,1-4H3. The van der Waals surface area contributed by atoms with E-state index in [0.717, 1.165) is 5.39 Å². The highest BCUT2D eigenvalue weighted by Crippen LogP contribution is 2.35. The van der Waals surface area contributed by atoms with Crippen LogP contribution in [0.2, 0.25) is 5.02 Å². The Hall–Kier alpha value is -1.61. The maximum absolute atomic E-state index is 14.0. The Morgan fingerprint density at radius 3 is 2.52 bits per heavy atom. The minimum absolute atomic E-state index is 0.305. The summed E-state index contributed by atoms with van der Waals surface area (Å²) in [4.78, 5) is 12.1. The van der Waals surface area contributed by atoms with Crippen LogP contribution in [-0.2, 0) is 11.2 Å². The van der Waals surface area contributed by atoms with Gasteiger partial charge in [-0.1, -0.05) is 24.6 Å². The molecule has 0 unspecified atom stereocenters. The van der Waals surface area contributed by atoms with Gasteiger partial charge in [-0.3, -0.25) is 4.79 Å². The average molecular weight is 309 g/mol. The molecule has 0 radical (unpaired) electrons. The Morgan fingerprint density at radius 2 is 1.95 bits per heavy atom. The summed E-state index contributed by atoms with van der Waals surface area (Å²) in [5.41, 5.74) is -0.116. The molecule has 0 heterocycles. The number of ether oxygens (including phenoxy) is 1. The molecule has 0 aliphatic heterocycles. The highest BCUT2D eigenvalue weighted by Gasteiger charge is 2.25. The van der Waals surface area contributed by atoms with Gasteiger partial charge in [0.25, 0.3) is 0 Å². The second kappa shape index (κ2) is 5.64. The summed E-state index contributed by atoms with van der Waals surface area (Å²) in [6.07, 6.45) is 0.505. The van der Waals surface area contributed by atoms with E-state index in [1.807, 2.05) is 6.92 Å². The number of carbonyl (C=O) groups is 1. The molecule has 2 aromatic carbocycles. The smallest absolute Gasteiger partial charge is 0.316 e. The second-order valence-corrected chi connectivity index (χ2v) is 6.46. The van der Waals surface area contributed by atoms with Gasteiger partial charge in [-0.15, -0.1) is 0 Å². The fourth-order valence-electron chi connectivity index (χ4n) is 2.12. The third-order valence-corrected chi connectivity index (χ3v) is 3.48. The van der Waals surface area contributed by atoms with E-state index in [0.29, 0.717) is 28.1 Å². The number of aryl methyl sites for hydroxylation is 1. The molecule has 0 saturated heterocycles. The van der Waals surface area contributed by atoms with Crippen molar-refractivity contribution >= 4 is 28.3 Å². The normalized spacial score (nSPS) is 11.7. The number of benzene rings is 2. The molecule has 2 aromatic rings. The molecule has 2 nitrogen and oxygen atoms in total. The van der Waals surface area contributed by atoms with E-state index >= 15 is 0 Å². The number of carbonyl (C=O) groups excluding carboxylic acids is 1. The van der Waals surface area contributed by atoms with Crippen molar-refractivity contribution in [2.45, 2.75) is 34.1 Å². The van der Waals surface area contributed by atoms with Crippen molar-refractivity contribution in [3.63, 3.8) is 0 Å². The average Bonchev–Trinajstić information content (AvgIpc) is 2.38. The molecule has 4 heteroatoms. The number of fused-ring (bicyclic) bond motifs is 1. The highest BCUT2D eigenvalue weighted by atomic mass is 35.5. The summed E-state index contributed by atoms with van der Waals surface area (Å²) in [6.45, 7) is 7.16. The molecule has 0 bridgehead atoms. The summed E-state index contributed by atoms with van der Waals surface area (Å²) >= 11 is 6.07. The highest BCUT2D eigenvalue weighted by molar-refractivity contribution is 6.31. The van der Waals surface area contributed by atoms with Crippen molar-refractivity contribution in [2.24, 2.45) is 5.41 Å². The second-order valence-electron chi connectivity index (χ2n) is 6.02. The van der Waals surface area contributed by atoms with E-state index in [1.165, 1.54) is 6.07 Å². The van der Waals surface area contributed by atoms with Crippen LogP contribution < -0.4 is 4.74 Å². The summed E-state index contributed by atoms with van der Waals surface area (Å²) in [5, 5.41) is 1.82. The topological polar surface area (TPSA) is 26.3 Å². The van der Waals surface area contributed by atoms with E-state index in [-0.39, 0.29) is 11.8 Å². The number of hydrogen-bond donors (Lipinski definition) is 0. The SMILES string of the molecule is CCc1c(F)ccc2cc(Cl)cc(OC(=O)C(C)(C)C)c12. The molecule has 0 aliphatic rings. The first-order valence-corrected chi connectivity index (χ1v) is 7.24. The maximum Gasteiger partial charge on any atom is 0.316 e. The van der Waals surface area contributed by atoms with Crippen molar-refractivity contribution in [1.82, 2.24) is 0 Å². The minimum atomic E-state index is -0.645. The Bertz CT molecular complexity index is 702. The first-order valence-electron chi connectivity index (χ1n) is 6.87. The lowest BCUT2D eigenvalue weighted by Gasteiger charge is -2.18. The lowest BCUT2D eigenvalue weighted by atomic mass is 9.97. The third kappa shape index (κ3) is 3.18. The summed E-state index contributed by atoms with van der Waals surface area (Å²) < 4.78 is 19.5. The molecule has 2 rings (SSSR count). The quantitative estimate of drug-likeness (QED) is 0.567. The zero-order chi connectivity index (χ0) is 15.8. The lowest BCUT2D eigenvalue weighted by Crippen LogP contribution is -2.25. The Labute approximate surface area is 128 Å². The largest absolute Gasteiger partial charge is 0.425 e. The van der Waals surface area contributed by atoms with Gasteiger partial charge in [0.15, 0.2) is 0 Å². The Balaban J connectivity index is 2.67. The van der Waals surface area contributed by atoms with Crippen LogP contribution in [0.3, 0.4) is 0 Å². The zero-order valence-corrected chi connectivity index (χ0v) is 13.3. The van der Waals surface area contributed by atoms with Crippen molar-refractivity contribution in [2.75, 3.05) is 0 Å². The van der Waals surface area contributed by atoms with Gasteiger partial charge < -0.3 is 4.74 Å². The van der Waals surface area contributed by atoms with Crippen LogP contribution >= 0.6 is 11.6 Å². The first-order chi connectivity index (χ1) is 9.74. The molecule has 0 fully saturated rings. The van der Waals surface area contributed by atoms with E-state index in [2.05, 4.69) is 0 Å². The molecule has 0 saturated carbocycles. The Morgan fingerprint density at radius 1 is 1.29 bits per heavy atom. The van der Waals surface area contributed by atoms with Gasteiger partial charge >= 0.3 is 5.97 Å². The maximum atomic E-state index is 14.0. The van der Waals surface area contributed by atoms with Gasteiger partial charge in [0.1, 0.15) is 11.6 Å². The molecule has 0 amide bonds. The molecule has 0 aliphatic carbocycles. The monoisotopic (exact) mass is 308 g/mol.